The molecule has 0 aliphatic rings. The van der Waals surface area contributed by atoms with Crippen LogP contribution in [0.15, 0.2) is 24.8 Å². The van der Waals surface area contributed by atoms with E-state index < -0.39 is 0 Å². The first-order chi connectivity index (χ1) is 8.28. The first kappa shape index (κ1) is 10.2. The Morgan fingerprint density at radius 3 is 3.00 bits per heavy atom. The zero-order valence-corrected chi connectivity index (χ0v) is 9.90. The normalized spacial score (nSPS) is 10.9. The predicted octanol–water partition coefficient (Wildman–Crippen LogP) is 1.47. The van der Waals surface area contributed by atoms with E-state index in [9.17, 15) is 0 Å². The van der Waals surface area contributed by atoms with Crippen LogP contribution in [0.4, 0.5) is 5.95 Å². The number of thiophene rings is 1. The average molecular weight is 246 g/mol. The van der Waals surface area contributed by atoms with E-state index >= 15 is 0 Å². The van der Waals surface area contributed by atoms with Crippen LogP contribution in [0, 0.1) is 6.92 Å². The largest absolute Gasteiger partial charge is 0.292 e. The van der Waals surface area contributed by atoms with Crippen LogP contribution in [-0.4, -0.2) is 19.5 Å². The van der Waals surface area contributed by atoms with Crippen LogP contribution < -0.4 is 11.3 Å². The van der Waals surface area contributed by atoms with E-state index in [0.29, 0.717) is 5.95 Å². The van der Waals surface area contributed by atoms with Gasteiger partial charge in [0.15, 0.2) is 5.82 Å². The lowest BCUT2D eigenvalue weighted by Crippen LogP contribution is -2.11. The molecule has 0 saturated carbocycles. The van der Waals surface area contributed by atoms with Gasteiger partial charge in [-0.2, -0.15) is 4.98 Å². The molecule has 3 aromatic rings. The summed E-state index contributed by atoms with van der Waals surface area (Å²) in [6.07, 6.45) is 5.26. The minimum absolute atomic E-state index is 0.406. The molecular weight excluding hydrogens is 236 g/mol. The van der Waals surface area contributed by atoms with Crippen LogP contribution in [0.1, 0.15) is 4.88 Å². The Labute approximate surface area is 101 Å². The van der Waals surface area contributed by atoms with Crippen LogP contribution >= 0.6 is 11.3 Å². The lowest BCUT2D eigenvalue weighted by Gasteiger charge is -2.05. The van der Waals surface area contributed by atoms with Crippen molar-refractivity contribution < 1.29 is 0 Å². The number of aryl methyl sites for hydroxylation is 1. The van der Waals surface area contributed by atoms with Gasteiger partial charge in [0.05, 0.1) is 5.39 Å². The first-order valence-corrected chi connectivity index (χ1v) is 5.82. The van der Waals surface area contributed by atoms with Gasteiger partial charge in [-0.3, -0.25) is 9.99 Å². The van der Waals surface area contributed by atoms with Crippen LogP contribution in [0.25, 0.3) is 16.0 Å². The summed E-state index contributed by atoms with van der Waals surface area (Å²) in [5, 5.41) is 1.00. The van der Waals surface area contributed by atoms with Gasteiger partial charge >= 0.3 is 0 Å². The maximum absolute atomic E-state index is 5.37. The van der Waals surface area contributed by atoms with Gasteiger partial charge in [-0.25, -0.2) is 15.8 Å². The molecule has 3 heterocycles. The summed E-state index contributed by atoms with van der Waals surface area (Å²) in [4.78, 5) is 14.8. The molecular formula is C10H10N6S. The zero-order valence-electron chi connectivity index (χ0n) is 9.08. The van der Waals surface area contributed by atoms with Gasteiger partial charge in [0.2, 0.25) is 5.95 Å². The molecule has 0 unspecified atom stereocenters. The Hall–Kier alpha value is -1.99. The molecule has 0 amide bonds. The number of aromatic nitrogens is 4. The number of nitrogens with two attached hydrogens (primary N) is 1. The maximum Gasteiger partial charge on any atom is 0.240 e. The fraction of sp³-hybridized carbons (Fsp3) is 0.100. The molecule has 3 aromatic heterocycles. The van der Waals surface area contributed by atoms with Crippen molar-refractivity contribution in [1.82, 2.24) is 19.5 Å². The predicted molar refractivity (Wildman–Crippen MR) is 67.1 cm³/mol. The standard InChI is InChI=1S/C10H10N6S/c1-6-4-7-8(16-3-2-12-5-16)13-10(15-11)14-9(7)17-6/h2-5H,11H2,1H3,(H,13,14,15). The molecule has 0 bridgehead atoms. The van der Waals surface area contributed by atoms with Crippen LogP contribution in [0.3, 0.4) is 0 Å². The number of hydrogen-bond acceptors (Lipinski definition) is 6. The second-order valence-corrected chi connectivity index (χ2v) is 4.80. The van der Waals surface area contributed by atoms with Gasteiger partial charge in [-0.15, -0.1) is 11.3 Å². The third-order valence-electron chi connectivity index (χ3n) is 2.37. The molecule has 86 valence electrons. The number of nitrogens with one attached hydrogen (secondary N) is 1. The third-order valence-corrected chi connectivity index (χ3v) is 3.32. The number of nitrogen functional groups attached to an aromatic ring is 1. The molecule has 17 heavy (non-hydrogen) atoms. The second-order valence-electron chi connectivity index (χ2n) is 3.56. The van der Waals surface area contributed by atoms with E-state index in [2.05, 4.69) is 26.4 Å². The van der Waals surface area contributed by atoms with Crippen molar-refractivity contribution in [3.63, 3.8) is 0 Å². The molecule has 3 N–H and O–H groups in total. The molecule has 0 spiro atoms. The maximum atomic E-state index is 5.37. The molecule has 0 radical (unpaired) electrons. The molecule has 6 nitrogen and oxygen atoms in total. The van der Waals surface area contributed by atoms with Crippen molar-refractivity contribution in [3.05, 3.63) is 29.7 Å². The van der Waals surface area contributed by atoms with Crippen molar-refractivity contribution in [2.75, 3.05) is 5.43 Å². The summed E-state index contributed by atoms with van der Waals surface area (Å²) >= 11 is 1.61. The highest BCUT2D eigenvalue weighted by Crippen LogP contribution is 2.28. The van der Waals surface area contributed by atoms with Gasteiger partial charge in [0, 0.05) is 17.3 Å². The highest BCUT2D eigenvalue weighted by Gasteiger charge is 2.11. The number of fused-ring (bicyclic) bond motifs is 1. The minimum atomic E-state index is 0.406. The topological polar surface area (TPSA) is 81.7 Å². The Morgan fingerprint density at radius 2 is 2.29 bits per heavy atom. The highest BCUT2D eigenvalue weighted by molar-refractivity contribution is 7.18. The number of hydrazine groups is 1. The smallest absolute Gasteiger partial charge is 0.240 e. The Morgan fingerprint density at radius 1 is 1.41 bits per heavy atom. The second kappa shape index (κ2) is 3.79. The number of imidazole rings is 1. The number of rotatable bonds is 2. The molecule has 0 fully saturated rings. The van der Waals surface area contributed by atoms with E-state index in [0.717, 1.165) is 16.0 Å². The van der Waals surface area contributed by atoms with Gasteiger partial charge in [0.1, 0.15) is 11.2 Å². The zero-order chi connectivity index (χ0) is 11.8. The summed E-state index contributed by atoms with van der Waals surface area (Å²) < 4.78 is 1.84. The molecule has 0 aromatic carbocycles. The fourth-order valence-corrected chi connectivity index (χ4v) is 2.55. The molecule has 0 saturated heterocycles. The van der Waals surface area contributed by atoms with Gasteiger partial charge in [-0.05, 0) is 13.0 Å². The van der Waals surface area contributed by atoms with Crippen molar-refractivity contribution in [2.24, 2.45) is 5.84 Å². The Bertz CT molecular complexity index is 657. The first-order valence-electron chi connectivity index (χ1n) is 5.01. The van der Waals surface area contributed by atoms with Crippen molar-refractivity contribution in [2.45, 2.75) is 6.92 Å². The molecule has 0 aliphatic heterocycles. The van der Waals surface area contributed by atoms with E-state index in [1.54, 1.807) is 23.9 Å². The summed E-state index contributed by atoms with van der Waals surface area (Å²) in [6.45, 7) is 2.04. The molecule has 7 heteroatoms. The van der Waals surface area contributed by atoms with Crippen LogP contribution in [0.2, 0.25) is 0 Å². The van der Waals surface area contributed by atoms with Gasteiger partial charge in [0.25, 0.3) is 0 Å². The molecule has 0 atom stereocenters. The number of hydrogen-bond donors (Lipinski definition) is 2. The quantitative estimate of drug-likeness (QED) is 0.528. The monoisotopic (exact) mass is 246 g/mol. The van der Waals surface area contributed by atoms with Gasteiger partial charge < -0.3 is 0 Å². The molecule has 3 rings (SSSR count). The lowest BCUT2D eigenvalue weighted by atomic mass is 10.3. The third kappa shape index (κ3) is 1.65. The van der Waals surface area contributed by atoms with Gasteiger partial charge in [-0.1, -0.05) is 0 Å². The summed E-state index contributed by atoms with van der Waals surface area (Å²) in [5.41, 5.74) is 2.48. The van der Waals surface area contributed by atoms with Crippen molar-refractivity contribution in [3.8, 4) is 5.82 Å². The number of nitrogens with zero attached hydrogens (tertiary/aromatic N) is 4. The van der Waals surface area contributed by atoms with E-state index in [4.69, 9.17) is 5.84 Å². The fourth-order valence-electron chi connectivity index (χ4n) is 1.67. The summed E-state index contributed by atoms with van der Waals surface area (Å²) in [7, 11) is 0. The minimum Gasteiger partial charge on any atom is -0.292 e. The van der Waals surface area contributed by atoms with Crippen molar-refractivity contribution in [1.29, 1.82) is 0 Å². The number of anilines is 1. The average Bonchev–Trinajstić information content (AvgIpc) is 2.94. The van der Waals surface area contributed by atoms with E-state index in [1.165, 1.54) is 4.88 Å². The van der Waals surface area contributed by atoms with Crippen LogP contribution in [0.5, 0.6) is 0 Å². The van der Waals surface area contributed by atoms with Crippen molar-refractivity contribution >= 4 is 27.5 Å². The SMILES string of the molecule is Cc1cc2c(-n3ccnc3)nc(NN)nc2s1. The van der Waals surface area contributed by atoms with E-state index in [-0.39, 0.29) is 0 Å². The highest BCUT2D eigenvalue weighted by atomic mass is 32.1. The summed E-state index contributed by atoms with van der Waals surface area (Å²) in [6, 6.07) is 2.07. The Kier molecular flexibility index (Phi) is 2.27. The lowest BCUT2D eigenvalue weighted by molar-refractivity contribution is 0.991. The van der Waals surface area contributed by atoms with Crippen LogP contribution in [-0.2, 0) is 0 Å². The molecule has 0 aliphatic carbocycles. The Balaban J connectivity index is 2.34. The summed E-state index contributed by atoms with van der Waals surface area (Å²) in [5.74, 6) is 6.56. The van der Waals surface area contributed by atoms with E-state index in [1.807, 2.05) is 17.7 Å².